The molecule has 1 aliphatic rings. The lowest BCUT2D eigenvalue weighted by atomic mass is 10.0. The van der Waals surface area contributed by atoms with Crippen molar-refractivity contribution >= 4 is 23.6 Å². The summed E-state index contributed by atoms with van der Waals surface area (Å²) in [5, 5.41) is 7.28. The third-order valence-corrected chi connectivity index (χ3v) is 5.37. The first-order valence-electron chi connectivity index (χ1n) is 10.9. The number of piperazine rings is 1. The molecule has 184 valence electrons. The normalized spacial score (nSPS) is 16.4. The van der Waals surface area contributed by atoms with Gasteiger partial charge in [0.25, 0.3) is 5.78 Å². The Kier molecular flexibility index (Phi) is 6.59. The van der Waals surface area contributed by atoms with E-state index in [0.29, 0.717) is 12.2 Å². The number of nitrogens with one attached hydrogen (secondary N) is 1. The van der Waals surface area contributed by atoms with E-state index >= 15 is 0 Å². The van der Waals surface area contributed by atoms with Crippen LogP contribution in [-0.2, 0) is 4.79 Å². The molecule has 3 aromatic heterocycles. The molecule has 14 heteroatoms. The van der Waals surface area contributed by atoms with Crippen LogP contribution >= 0.6 is 0 Å². The minimum Gasteiger partial charge on any atom is -0.461 e. The van der Waals surface area contributed by atoms with Gasteiger partial charge in [-0.15, -0.1) is 5.10 Å². The summed E-state index contributed by atoms with van der Waals surface area (Å²) >= 11 is 0. The predicted molar refractivity (Wildman–Crippen MR) is 117 cm³/mol. The van der Waals surface area contributed by atoms with Crippen LogP contribution in [0.4, 0.5) is 25.1 Å². The Hall–Kier alpha value is -3.42. The lowest BCUT2D eigenvalue weighted by molar-refractivity contribution is -0.152. The number of carbonyl (C=O) groups is 1. The summed E-state index contributed by atoms with van der Waals surface area (Å²) in [5.74, 6) is 0.977. The van der Waals surface area contributed by atoms with Gasteiger partial charge < -0.3 is 20.4 Å². The molecule has 0 saturated carbocycles. The maximum absolute atomic E-state index is 13.2. The Morgan fingerprint density at radius 2 is 1.94 bits per heavy atom. The number of fused-ring (bicyclic) bond motifs is 1. The average Bonchev–Trinajstić information content (AvgIpc) is 3.42. The first-order valence-corrected chi connectivity index (χ1v) is 10.9. The van der Waals surface area contributed by atoms with Crippen molar-refractivity contribution in [2.75, 3.05) is 43.8 Å². The Balaban J connectivity index is 1.49. The van der Waals surface area contributed by atoms with E-state index in [1.165, 1.54) is 15.7 Å². The molecule has 4 heterocycles. The minimum absolute atomic E-state index is 0.0225. The maximum atomic E-state index is 13.2. The van der Waals surface area contributed by atoms with E-state index in [1.54, 1.807) is 17.0 Å². The van der Waals surface area contributed by atoms with E-state index in [9.17, 15) is 18.0 Å². The van der Waals surface area contributed by atoms with Crippen LogP contribution in [0.3, 0.4) is 0 Å². The lowest BCUT2D eigenvalue weighted by Crippen LogP contribution is -2.54. The maximum Gasteiger partial charge on any atom is 0.401 e. The molecular weight excluding hydrogens is 455 g/mol. The van der Waals surface area contributed by atoms with Gasteiger partial charge in [0, 0.05) is 26.2 Å². The van der Waals surface area contributed by atoms with Crippen LogP contribution in [0, 0.1) is 5.92 Å². The first-order chi connectivity index (χ1) is 16.1. The van der Waals surface area contributed by atoms with Gasteiger partial charge in [-0.3, -0.25) is 9.69 Å². The number of alkyl halides is 3. The highest BCUT2D eigenvalue weighted by atomic mass is 19.4. The summed E-state index contributed by atoms with van der Waals surface area (Å²) < 4.78 is 44.6. The summed E-state index contributed by atoms with van der Waals surface area (Å²) in [6, 6.07) is 2.72. The minimum atomic E-state index is -4.26. The Morgan fingerprint density at radius 1 is 1.21 bits per heavy atom. The molecule has 0 unspecified atom stereocenters. The quantitative estimate of drug-likeness (QED) is 0.519. The molecular formula is C20H26F3N9O2. The van der Waals surface area contributed by atoms with Gasteiger partial charge in [0.2, 0.25) is 23.6 Å². The molecule has 1 atom stereocenters. The number of hydrogen-bond acceptors (Lipinski definition) is 9. The van der Waals surface area contributed by atoms with Crippen LogP contribution in [0.15, 0.2) is 22.8 Å². The van der Waals surface area contributed by atoms with Crippen LogP contribution < -0.4 is 11.1 Å². The van der Waals surface area contributed by atoms with E-state index in [4.69, 9.17) is 10.2 Å². The van der Waals surface area contributed by atoms with Gasteiger partial charge in [0.1, 0.15) is 6.04 Å². The van der Waals surface area contributed by atoms with Gasteiger partial charge in [0.15, 0.2) is 5.76 Å². The summed E-state index contributed by atoms with van der Waals surface area (Å²) in [5.41, 5.74) is 6.03. The molecule has 0 spiro atoms. The zero-order valence-corrected chi connectivity index (χ0v) is 18.8. The van der Waals surface area contributed by atoms with Crippen molar-refractivity contribution in [2.24, 2.45) is 5.92 Å². The molecule has 11 nitrogen and oxygen atoms in total. The number of amides is 1. The third kappa shape index (κ3) is 5.55. The van der Waals surface area contributed by atoms with Gasteiger partial charge in [0.05, 0.1) is 12.8 Å². The number of halogens is 3. The van der Waals surface area contributed by atoms with Crippen molar-refractivity contribution in [2.45, 2.75) is 32.5 Å². The second-order valence-electron chi connectivity index (χ2n) is 8.57. The topological polar surface area (TPSA) is 131 Å². The summed E-state index contributed by atoms with van der Waals surface area (Å²) in [6.07, 6.45) is -2.29. The molecule has 0 bridgehead atoms. The average molecular weight is 481 g/mol. The fraction of sp³-hybridized carbons (Fsp3) is 0.550. The number of furan rings is 1. The number of nitrogens with zero attached hydrogens (tertiary/aromatic N) is 7. The van der Waals surface area contributed by atoms with Gasteiger partial charge >= 0.3 is 6.18 Å². The van der Waals surface area contributed by atoms with Crippen molar-refractivity contribution in [1.82, 2.24) is 34.4 Å². The number of nitrogen functional groups attached to an aromatic ring is 1. The molecule has 1 aliphatic heterocycles. The molecule has 4 rings (SSSR count). The summed E-state index contributed by atoms with van der Waals surface area (Å²) in [7, 11) is 0. The van der Waals surface area contributed by atoms with E-state index in [-0.39, 0.29) is 61.5 Å². The van der Waals surface area contributed by atoms with Crippen LogP contribution in [0.2, 0.25) is 0 Å². The van der Waals surface area contributed by atoms with Crippen LogP contribution in [0.1, 0.15) is 20.3 Å². The van der Waals surface area contributed by atoms with E-state index in [0.717, 1.165) is 0 Å². The highest BCUT2D eigenvalue weighted by Gasteiger charge is 2.34. The van der Waals surface area contributed by atoms with Gasteiger partial charge in [-0.25, -0.2) is 0 Å². The molecule has 0 aliphatic carbocycles. The zero-order valence-electron chi connectivity index (χ0n) is 18.8. The largest absolute Gasteiger partial charge is 0.461 e. The molecule has 3 aromatic rings. The van der Waals surface area contributed by atoms with Crippen LogP contribution in [0.5, 0.6) is 0 Å². The zero-order chi connectivity index (χ0) is 24.5. The standard InChI is InChI=1S/C20H26F3N9O2/c1-12(2)10-13(16(33)31-7-5-30(6-8-31)11-20(21,22)23)25-18-27-17(24)32-19(28-18)26-15(29-32)14-4-3-9-34-14/h3-4,9,12-13H,5-8,10-11H2,1-2H3,(H3,24,25,26,27,28,29)/t13-/m0/s1. The van der Waals surface area contributed by atoms with Crippen molar-refractivity contribution in [1.29, 1.82) is 0 Å². The van der Waals surface area contributed by atoms with Crippen molar-refractivity contribution < 1.29 is 22.4 Å². The van der Waals surface area contributed by atoms with Crippen molar-refractivity contribution in [3.63, 3.8) is 0 Å². The van der Waals surface area contributed by atoms with Gasteiger partial charge in [-0.2, -0.15) is 32.6 Å². The van der Waals surface area contributed by atoms with E-state index in [2.05, 4.69) is 25.4 Å². The summed E-state index contributed by atoms with van der Waals surface area (Å²) in [6.45, 7) is 3.70. The van der Waals surface area contributed by atoms with E-state index < -0.39 is 18.8 Å². The van der Waals surface area contributed by atoms with Crippen molar-refractivity contribution in [3.8, 4) is 11.6 Å². The van der Waals surface area contributed by atoms with Crippen LogP contribution in [-0.4, -0.2) is 85.2 Å². The van der Waals surface area contributed by atoms with Crippen molar-refractivity contribution in [3.05, 3.63) is 18.4 Å². The molecule has 1 saturated heterocycles. The number of nitrogens with two attached hydrogens (primary N) is 1. The van der Waals surface area contributed by atoms with E-state index in [1.807, 2.05) is 13.8 Å². The summed E-state index contributed by atoms with van der Waals surface area (Å²) in [4.78, 5) is 28.9. The molecule has 0 aromatic carbocycles. The van der Waals surface area contributed by atoms with Gasteiger partial charge in [-0.1, -0.05) is 13.8 Å². The third-order valence-electron chi connectivity index (χ3n) is 5.37. The Bertz CT molecular complexity index is 1120. The Morgan fingerprint density at radius 3 is 2.56 bits per heavy atom. The molecule has 0 radical (unpaired) electrons. The monoisotopic (exact) mass is 481 g/mol. The smallest absolute Gasteiger partial charge is 0.401 e. The Labute approximate surface area is 193 Å². The number of aromatic nitrogens is 5. The number of rotatable bonds is 7. The number of carbonyl (C=O) groups excluding carboxylic acids is 1. The fourth-order valence-electron chi connectivity index (χ4n) is 3.83. The number of anilines is 2. The SMILES string of the molecule is CC(C)C[C@H](Nc1nc(N)n2nc(-c3ccco3)nc2n1)C(=O)N1CCN(CC(F)(F)F)CC1. The molecule has 3 N–H and O–H groups in total. The second kappa shape index (κ2) is 9.44. The van der Waals surface area contributed by atoms with Crippen LogP contribution in [0.25, 0.3) is 17.4 Å². The lowest BCUT2D eigenvalue weighted by Gasteiger charge is -2.37. The highest BCUT2D eigenvalue weighted by molar-refractivity contribution is 5.84. The molecule has 1 fully saturated rings. The number of hydrogen-bond donors (Lipinski definition) is 2. The van der Waals surface area contributed by atoms with Gasteiger partial charge in [-0.05, 0) is 24.5 Å². The fourth-order valence-corrected chi connectivity index (χ4v) is 3.83. The first kappa shape index (κ1) is 23.7. The predicted octanol–water partition coefficient (Wildman–Crippen LogP) is 1.89. The second-order valence-corrected chi connectivity index (χ2v) is 8.57. The highest BCUT2D eigenvalue weighted by Crippen LogP contribution is 2.20. The molecule has 34 heavy (non-hydrogen) atoms. The molecule has 1 amide bonds.